The van der Waals surface area contributed by atoms with Gasteiger partial charge in [0.05, 0.1) is 72.6 Å². The number of hydrogen-bond acceptors (Lipinski definition) is 4. The van der Waals surface area contributed by atoms with Crippen molar-refractivity contribution < 1.29 is 0 Å². The zero-order valence-corrected chi connectivity index (χ0v) is 65.1. The van der Waals surface area contributed by atoms with Crippen LogP contribution in [0.4, 0.5) is 0 Å². The number of rotatable bonds is 12. The molecule has 0 atom stereocenters. The van der Waals surface area contributed by atoms with E-state index in [9.17, 15) is 0 Å². The van der Waals surface area contributed by atoms with E-state index >= 15 is 0 Å². The van der Waals surface area contributed by atoms with Gasteiger partial charge in [-0.25, -0.2) is 19.9 Å². The molecule has 0 saturated carbocycles. The van der Waals surface area contributed by atoms with Crippen molar-refractivity contribution in [1.82, 2.24) is 38.2 Å². The Morgan fingerprint density at radius 1 is 0.158 bits per heavy atom. The quantitative estimate of drug-likeness (QED) is 0.122. The Morgan fingerprint density at radius 2 is 0.483 bits per heavy atom. The summed E-state index contributed by atoms with van der Waals surface area (Å²) in [7, 11) is 0. The number of aromatic nitrogens is 8. The van der Waals surface area contributed by atoms with Gasteiger partial charge in [-0.3, -0.25) is 0 Å². The SMILES string of the molecule is c1ccc(-c2cccc(-n3c4ccccc4c4c5c6ccccc6n(-c6ccc7c(-c8cc(-c9ccccc9)nc(-c9ccccc9)n8)cccc7c6)c5ccc43)c2)cc1.c1ccc(-c2cccc(-n3c4ccccc4c4c5c6ccccc6n(-c6cccc7cc(-c8nc(-c9ccccc9)cc(-c9ccccc9)n8)ccc67)c5ccc43)c2)cc1. The van der Waals surface area contributed by atoms with Gasteiger partial charge < -0.3 is 18.3 Å². The molecule has 0 spiro atoms. The van der Waals surface area contributed by atoms with Gasteiger partial charge in [-0.15, -0.1) is 0 Å². The minimum atomic E-state index is 0.701. The lowest BCUT2D eigenvalue weighted by atomic mass is 9.99. The van der Waals surface area contributed by atoms with Crippen LogP contribution in [0.5, 0.6) is 0 Å². The first-order valence-electron chi connectivity index (χ1n) is 40.8. The van der Waals surface area contributed by atoms with Gasteiger partial charge in [-0.1, -0.05) is 328 Å². The molecule has 0 radical (unpaired) electrons. The third-order valence-electron chi connectivity index (χ3n) is 23.8. The molecule has 0 saturated heterocycles. The Balaban J connectivity index is 0.000000140. The second-order valence-corrected chi connectivity index (χ2v) is 30.8. The highest BCUT2D eigenvalue weighted by atomic mass is 15.0. The van der Waals surface area contributed by atoms with Crippen LogP contribution in [0.1, 0.15) is 0 Å². The van der Waals surface area contributed by atoms with E-state index in [1.807, 2.05) is 36.4 Å². The molecule has 0 aliphatic carbocycles. The molecule has 18 aromatic carbocycles. The summed E-state index contributed by atoms with van der Waals surface area (Å²) >= 11 is 0. The summed E-state index contributed by atoms with van der Waals surface area (Å²) < 4.78 is 9.75. The fraction of sp³-hybridized carbons (Fsp3) is 0. The number of hydrogen-bond donors (Lipinski definition) is 0. The van der Waals surface area contributed by atoms with Crippen LogP contribution in [0, 0.1) is 0 Å². The molecule has 0 aliphatic heterocycles. The van der Waals surface area contributed by atoms with Crippen LogP contribution in [-0.4, -0.2) is 38.2 Å². The van der Waals surface area contributed by atoms with Crippen molar-refractivity contribution in [1.29, 1.82) is 0 Å². The summed E-state index contributed by atoms with van der Waals surface area (Å²) in [6.07, 6.45) is 0. The van der Waals surface area contributed by atoms with Crippen molar-refractivity contribution in [2.45, 2.75) is 0 Å². The number of para-hydroxylation sites is 4. The predicted octanol–water partition coefficient (Wildman–Crippen LogP) is 29.0. The van der Waals surface area contributed by atoms with Gasteiger partial charge in [0.2, 0.25) is 0 Å². The van der Waals surface area contributed by atoms with Gasteiger partial charge in [0.25, 0.3) is 0 Å². The van der Waals surface area contributed by atoms with Crippen LogP contribution < -0.4 is 0 Å². The maximum absolute atomic E-state index is 5.18. The Bertz CT molecular complexity index is 8010. The van der Waals surface area contributed by atoms with Gasteiger partial charge in [0.1, 0.15) is 0 Å². The maximum atomic E-state index is 5.18. The zero-order valence-electron chi connectivity index (χ0n) is 65.1. The monoisotopic (exact) mass is 1530 g/mol. The molecular formula is C112H72N8. The van der Waals surface area contributed by atoms with Gasteiger partial charge in [-0.05, 0) is 148 Å². The molecule has 8 nitrogen and oxygen atoms in total. The lowest BCUT2D eigenvalue weighted by Gasteiger charge is -2.14. The van der Waals surface area contributed by atoms with Gasteiger partial charge in [-0.2, -0.15) is 0 Å². The zero-order chi connectivity index (χ0) is 79.1. The molecule has 0 amide bonds. The summed E-state index contributed by atoms with van der Waals surface area (Å²) in [6, 6.07) is 156. The molecule has 24 rings (SSSR count). The summed E-state index contributed by atoms with van der Waals surface area (Å²) in [4.78, 5) is 20.5. The van der Waals surface area contributed by atoms with Crippen molar-refractivity contribution in [3.05, 3.63) is 437 Å². The minimum absolute atomic E-state index is 0.701. The summed E-state index contributed by atoms with van der Waals surface area (Å²) in [6.45, 7) is 0. The lowest BCUT2D eigenvalue weighted by Crippen LogP contribution is -1.97. The number of nitrogens with zero attached hydrogens (tertiary/aromatic N) is 8. The van der Waals surface area contributed by atoms with Crippen molar-refractivity contribution in [3.63, 3.8) is 0 Å². The lowest BCUT2D eigenvalue weighted by molar-refractivity contribution is 1.17. The van der Waals surface area contributed by atoms with Crippen LogP contribution in [0.2, 0.25) is 0 Å². The molecule has 0 bridgehead atoms. The largest absolute Gasteiger partial charge is 0.309 e. The average molecular weight is 1530 g/mol. The summed E-state index contributed by atoms with van der Waals surface area (Å²) in [5.41, 5.74) is 28.6. The fourth-order valence-corrected chi connectivity index (χ4v) is 18.4. The summed E-state index contributed by atoms with van der Waals surface area (Å²) in [5, 5.41) is 14.5. The van der Waals surface area contributed by atoms with Crippen molar-refractivity contribution in [2.24, 2.45) is 0 Å². The van der Waals surface area contributed by atoms with E-state index in [1.165, 1.54) is 109 Å². The minimum Gasteiger partial charge on any atom is -0.309 e. The molecule has 6 aromatic heterocycles. The first-order chi connectivity index (χ1) is 59.5. The van der Waals surface area contributed by atoms with Crippen LogP contribution in [0.3, 0.4) is 0 Å². The van der Waals surface area contributed by atoms with E-state index < -0.39 is 0 Å². The number of benzene rings is 18. The highest BCUT2D eigenvalue weighted by Crippen LogP contribution is 2.47. The number of fused-ring (bicyclic) bond motifs is 16. The molecule has 0 fully saturated rings. The molecule has 0 aliphatic rings. The van der Waals surface area contributed by atoms with Crippen LogP contribution in [0.15, 0.2) is 437 Å². The molecule has 8 heteroatoms. The predicted molar refractivity (Wildman–Crippen MR) is 500 cm³/mol. The third kappa shape index (κ3) is 11.8. The van der Waals surface area contributed by atoms with Crippen molar-refractivity contribution in [2.75, 3.05) is 0 Å². The van der Waals surface area contributed by atoms with E-state index in [1.54, 1.807) is 0 Å². The highest BCUT2D eigenvalue weighted by Gasteiger charge is 2.25. The smallest absolute Gasteiger partial charge is 0.160 e. The highest BCUT2D eigenvalue weighted by molar-refractivity contribution is 6.31. The Labute approximate surface area is 692 Å². The van der Waals surface area contributed by atoms with Gasteiger partial charge in [0, 0.05) is 98.9 Å². The molecule has 0 unspecified atom stereocenters. The Kier molecular flexibility index (Phi) is 16.7. The third-order valence-corrected chi connectivity index (χ3v) is 23.8. The van der Waals surface area contributed by atoms with E-state index in [-0.39, 0.29) is 0 Å². The van der Waals surface area contributed by atoms with Crippen LogP contribution in [-0.2, 0) is 0 Å². The standard InChI is InChI=1S/2C56H36N4/c1-4-16-37(17-5-1)40-22-14-24-42(34-40)59-50-28-12-10-25-46(50)54-52(59)32-33-53-55(54)47-26-11-13-29-51(47)60(53)43-30-31-44-41(35-43)23-15-27-45(44)49-36-48(38-18-6-2-7-19-38)57-56(58-49)39-20-8-3-9-21-39;1-4-16-37(17-5-1)40-22-14-24-43(35-40)59-50-27-12-10-25-45(50)54-52(59)32-33-53-55(54)46-26-11-13-28-51(46)60(53)49-29-15-23-41-34-42(30-31-44(41)49)56-57-47(38-18-6-2-7-19-38)36-48(58-56)39-20-8-3-9-21-39/h2*1-36H. The van der Waals surface area contributed by atoms with Gasteiger partial charge in [0.15, 0.2) is 11.6 Å². The van der Waals surface area contributed by atoms with E-state index in [2.05, 4.69) is 419 Å². The van der Waals surface area contributed by atoms with Crippen LogP contribution in [0.25, 0.3) is 222 Å². The first-order valence-corrected chi connectivity index (χ1v) is 40.8. The molecule has 24 aromatic rings. The van der Waals surface area contributed by atoms with Crippen LogP contribution >= 0.6 is 0 Å². The van der Waals surface area contributed by atoms with Crippen molar-refractivity contribution >= 4 is 109 Å². The van der Waals surface area contributed by atoms with Crippen molar-refractivity contribution in [3.8, 4) is 113 Å². The van der Waals surface area contributed by atoms with E-state index in [0.29, 0.717) is 11.6 Å². The first kappa shape index (κ1) is 69.4. The molecule has 120 heavy (non-hydrogen) atoms. The normalized spacial score (nSPS) is 11.7. The summed E-state index contributed by atoms with van der Waals surface area (Å²) in [5.74, 6) is 1.41. The molecule has 0 N–H and O–H groups in total. The Hall–Kier alpha value is -16.2. The Morgan fingerprint density at radius 3 is 0.933 bits per heavy atom. The molecular weight excluding hydrogens is 1460 g/mol. The average Bonchev–Trinajstić information content (AvgIpc) is 1.54. The maximum Gasteiger partial charge on any atom is 0.160 e. The molecule has 560 valence electrons. The fourth-order valence-electron chi connectivity index (χ4n) is 18.4. The van der Waals surface area contributed by atoms with Gasteiger partial charge >= 0.3 is 0 Å². The second kappa shape index (κ2) is 29.0. The van der Waals surface area contributed by atoms with E-state index in [0.717, 1.165) is 100 Å². The molecule has 6 heterocycles. The topological polar surface area (TPSA) is 71.3 Å². The second-order valence-electron chi connectivity index (χ2n) is 30.8. The van der Waals surface area contributed by atoms with E-state index in [4.69, 9.17) is 19.9 Å².